The second-order valence-electron chi connectivity index (χ2n) is 4.45. The third-order valence-corrected chi connectivity index (χ3v) is 3.08. The number of nitrogens with zero attached hydrogens (tertiary/aromatic N) is 2. The Balaban J connectivity index is 2.87. The maximum absolute atomic E-state index is 11.8. The minimum atomic E-state index is -0.180. The van der Waals surface area contributed by atoms with Gasteiger partial charge in [0.2, 0.25) is 0 Å². The quantitative estimate of drug-likeness (QED) is 0.661. The molecule has 0 saturated carbocycles. The first-order valence-electron chi connectivity index (χ1n) is 6.85. The normalized spacial score (nSPS) is 10.2. The highest BCUT2D eigenvalue weighted by Gasteiger charge is 2.11. The number of thiocarbonyl (C=S) groups is 1. The van der Waals surface area contributed by atoms with Gasteiger partial charge in [0.15, 0.2) is 0 Å². The number of amides is 1. The van der Waals surface area contributed by atoms with E-state index in [0.717, 1.165) is 5.69 Å². The van der Waals surface area contributed by atoms with Crippen molar-refractivity contribution in [2.45, 2.75) is 13.3 Å². The van der Waals surface area contributed by atoms with Crippen LogP contribution in [0.25, 0.3) is 0 Å². The molecule has 1 heterocycles. The number of ether oxygens (including phenoxy) is 1. The predicted molar refractivity (Wildman–Crippen MR) is 87.7 cm³/mol. The maximum atomic E-state index is 11.8. The highest BCUT2D eigenvalue weighted by atomic mass is 32.1. The molecule has 1 aromatic rings. The average molecular weight is 310 g/mol. The van der Waals surface area contributed by atoms with E-state index in [4.69, 9.17) is 22.7 Å². The molecule has 7 heteroatoms. The molecule has 0 unspecified atom stereocenters. The summed E-state index contributed by atoms with van der Waals surface area (Å²) in [6.07, 6.45) is 2.23. The molecule has 0 radical (unpaired) electrons. The van der Waals surface area contributed by atoms with Gasteiger partial charge in [-0.2, -0.15) is 0 Å². The Kier molecular flexibility index (Phi) is 7.63. The highest BCUT2D eigenvalue weighted by molar-refractivity contribution is 7.80. The minimum absolute atomic E-state index is 0.180. The number of nitrogens with one attached hydrogen (secondary N) is 1. The summed E-state index contributed by atoms with van der Waals surface area (Å²) in [5.41, 5.74) is 6.86. The molecule has 21 heavy (non-hydrogen) atoms. The largest absolute Gasteiger partial charge is 0.393 e. The lowest BCUT2D eigenvalue weighted by atomic mass is 10.2. The van der Waals surface area contributed by atoms with Gasteiger partial charge in [0, 0.05) is 45.0 Å². The zero-order valence-corrected chi connectivity index (χ0v) is 13.3. The molecule has 0 aliphatic rings. The smallest absolute Gasteiger partial charge is 0.269 e. The van der Waals surface area contributed by atoms with Crippen molar-refractivity contribution in [3.63, 3.8) is 0 Å². The third kappa shape index (κ3) is 6.05. The Morgan fingerprint density at radius 1 is 1.52 bits per heavy atom. The van der Waals surface area contributed by atoms with Crippen molar-refractivity contribution >= 4 is 28.8 Å². The van der Waals surface area contributed by atoms with Gasteiger partial charge in [0.1, 0.15) is 5.69 Å². The molecular weight excluding hydrogens is 288 g/mol. The number of hydrogen-bond acceptors (Lipinski definition) is 5. The van der Waals surface area contributed by atoms with Crippen molar-refractivity contribution in [2.75, 3.05) is 38.3 Å². The Morgan fingerprint density at radius 3 is 2.90 bits per heavy atom. The van der Waals surface area contributed by atoms with Gasteiger partial charge in [-0.15, -0.1) is 0 Å². The van der Waals surface area contributed by atoms with Crippen LogP contribution in [0.1, 0.15) is 23.8 Å². The van der Waals surface area contributed by atoms with Crippen LogP contribution in [-0.2, 0) is 4.74 Å². The standard InChI is InChI=1S/C14H22N4O2S/c1-3-16-14(19)12-10-11(4-6-17-12)18(8-9-20-2)7-5-13(15)21/h4,6,10H,3,5,7-9H2,1-2H3,(H2,15,21)(H,16,19). The van der Waals surface area contributed by atoms with E-state index in [2.05, 4.69) is 15.2 Å². The van der Waals surface area contributed by atoms with Gasteiger partial charge in [-0.3, -0.25) is 9.78 Å². The number of rotatable bonds is 9. The molecule has 0 bridgehead atoms. The Morgan fingerprint density at radius 2 is 2.29 bits per heavy atom. The first kappa shape index (κ1) is 17.3. The topological polar surface area (TPSA) is 80.5 Å². The predicted octanol–water partition coefficient (Wildman–Crippen LogP) is 0.960. The van der Waals surface area contributed by atoms with Crippen LogP contribution in [0.2, 0.25) is 0 Å². The summed E-state index contributed by atoms with van der Waals surface area (Å²) in [6, 6.07) is 3.62. The van der Waals surface area contributed by atoms with Crippen molar-refractivity contribution < 1.29 is 9.53 Å². The number of methoxy groups -OCH3 is 1. The molecule has 116 valence electrons. The Labute approximate surface area is 130 Å². The Hall–Kier alpha value is -1.73. The van der Waals surface area contributed by atoms with Gasteiger partial charge in [0.25, 0.3) is 5.91 Å². The van der Waals surface area contributed by atoms with Gasteiger partial charge in [-0.1, -0.05) is 12.2 Å². The van der Waals surface area contributed by atoms with Crippen LogP contribution in [0.5, 0.6) is 0 Å². The summed E-state index contributed by atoms with van der Waals surface area (Å²) in [5.74, 6) is -0.180. The van der Waals surface area contributed by atoms with E-state index < -0.39 is 0 Å². The summed E-state index contributed by atoms with van der Waals surface area (Å²) < 4.78 is 5.12. The molecular formula is C14H22N4O2S. The summed E-state index contributed by atoms with van der Waals surface area (Å²) in [6.45, 7) is 4.39. The molecule has 0 spiro atoms. The van der Waals surface area contributed by atoms with Crippen LogP contribution in [-0.4, -0.2) is 49.2 Å². The number of anilines is 1. The first-order valence-corrected chi connectivity index (χ1v) is 7.25. The highest BCUT2D eigenvalue weighted by Crippen LogP contribution is 2.15. The van der Waals surface area contributed by atoms with E-state index in [1.807, 2.05) is 13.0 Å². The van der Waals surface area contributed by atoms with Gasteiger partial charge >= 0.3 is 0 Å². The van der Waals surface area contributed by atoms with Gasteiger partial charge in [0.05, 0.1) is 11.6 Å². The SMILES string of the molecule is CCNC(=O)c1cc(N(CCOC)CCC(N)=S)ccn1. The molecule has 0 atom stereocenters. The number of carbonyl (C=O) groups is 1. The van der Waals surface area contributed by atoms with E-state index in [1.54, 1.807) is 19.4 Å². The minimum Gasteiger partial charge on any atom is -0.393 e. The fourth-order valence-electron chi connectivity index (χ4n) is 1.81. The lowest BCUT2D eigenvalue weighted by molar-refractivity contribution is 0.0951. The molecule has 0 aliphatic heterocycles. The summed E-state index contributed by atoms with van der Waals surface area (Å²) in [4.78, 5) is 18.5. The van der Waals surface area contributed by atoms with Crippen molar-refractivity contribution in [1.82, 2.24) is 10.3 Å². The number of pyridine rings is 1. The van der Waals surface area contributed by atoms with Crippen molar-refractivity contribution in [3.8, 4) is 0 Å². The Bertz CT molecular complexity index is 482. The van der Waals surface area contributed by atoms with Crippen LogP contribution < -0.4 is 16.0 Å². The summed E-state index contributed by atoms with van der Waals surface area (Å²) in [5, 5.41) is 2.74. The number of carbonyl (C=O) groups excluding carboxylic acids is 1. The van der Waals surface area contributed by atoms with Crippen LogP contribution >= 0.6 is 12.2 Å². The van der Waals surface area contributed by atoms with Gasteiger partial charge in [-0.05, 0) is 19.1 Å². The zero-order chi connectivity index (χ0) is 15.7. The van der Waals surface area contributed by atoms with Crippen LogP contribution in [0.15, 0.2) is 18.3 Å². The lowest BCUT2D eigenvalue weighted by Crippen LogP contribution is -2.31. The number of nitrogens with two attached hydrogens (primary N) is 1. The van der Waals surface area contributed by atoms with Crippen molar-refractivity contribution in [1.29, 1.82) is 0 Å². The fourth-order valence-corrected chi connectivity index (χ4v) is 1.90. The summed E-state index contributed by atoms with van der Waals surface area (Å²) in [7, 11) is 1.65. The van der Waals surface area contributed by atoms with E-state index in [1.165, 1.54) is 0 Å². The van der Waals surface area contributed by atoms with E-state index in [0.29, 0.717) is 43.3 Å². The van der Waals surface area contributed by atoms with E-state index >= 15 is 0 Å². The third-order valence-electron chi connectivity index (χ3n) is 2.87. The van der Waals surface area contributed by atoms with Gasteiger partial charge in [-0.25, -0.2) is 0 Å². The molecule has 0 saturated heterocycles. The number of aromatic nitrogens is 1. The van der Waals surface area contributed by atoms with Crippen molar-refractivity contribution in [3.05, 3.63) is 24.0 Å². The van der Waals surface area contributed by atoms with Crippen LogP contribution in [0.4, 0.5) is 5.69 Å². The number of hydrogen-bond donors (Lipinski definition) is 2. The second kappa shape index (κ2) is 9.25. The zero-order valence-electron chi connectivity index (χ0n) is 12.5. The second-order valence-corrected chi connectivity index (χ2v) is 4.98. The summed E-state index contributed by atoms with van der Waals surface area (Å²) >= 11 is 4.92. The van der Waals surface area contributed by atoms with Crippen molar-refractivity contribution in [2.24, 2.45) is 5.73 Å². The van der Waals surface area contributed by atoms with E-state index in [-0.39, 0.29) is 5.91 Å². The molecule has 6 nitrogen and oxygen atoms in total. The van der Waals surface area contributed by atoms with Gasteiger partial charge < -0.3 is 20.7 Å². The lowest BCUT2D eigenvalue weighted by Gasteiger charge is -2.24. The monoisotopic (exact) mass is 310 g/mol. The first-order chi connectivity index (χ1) is 10.1. The van der Waals surface area contributed by atoms with Crippen LogP contribution in [0.3, 0.4) is 0 Å². The molecule has 1 rings (SSSR count). The molecule has 0 fully saturated rings. The maximum Gasteiger partial charge on any atom is 0.269 e. The molecule has 0 aromatic carbocycles. The van der Waals surface area contributed by atoms with Crippen LogP contribution in [0, 0.1) is 0 Å². The van der Waals surface area contributed by atoms with E-state index in [9.17, 15) is 4.79 Å². The average Bonchev–Trinajstić information content (AvgIpc) is 2.47. The molecule has 1 amide bonds. The molecule has 1 aromatic heterocycles. The molecule has 0 aliphatic carbocycles. The fraction of sp³-hybridized carbons (Fsp3) is 0.500. The molecule has 3 N–H and O–H groups in total.